The summed E-state index contributed by atoms with van der Waals surface area (Å²) >= 11 is 0. The summed E-state index contributed by atoms with van der Waals surface area (Å²) in [6, 6.07) is 9.11. The van der Waals surface area contributed by atoms with Crippen molar-refractivity contribution in [2.75, 3.05) is 17.2 Å². The highest BCUT2D eigenvalue weighted by atomic mass is 15.2. The maximum atomic E-state index is 6.13. The van der Waals surface area contributed by atoms with Gasteiger partial charge in [-0.15, -0.1) is 0 Å². The van der Waals surface area contributed by atoms with Crippen molar-refractivity contribution in [1.29, 1.82) is 0 Å². The van der Waals surface area contributed by atoms with Crippen LogP contribution in [0.15, 0.2) is 24.3 Å². The fourth-order valence-corrected chi connectivity index (χ4v) is 3.67. The summed E-state index contributed by atoms with van der Waals surface area (Å²) in [5, 5.41) is 0. The summed E-state index contributed by atoms with van der Waals surface area (Å²) in [5.74, 6) is 0.914. The van der Waals surface area contributed by atoms with Gasteiger partial charge in [-0.25, -0.2) is 0 Å². The third kappa shape index (κ3) is 2.01. The van der Waals surface area contributed by atoms with Gasteiger partial charge >= 0.3 is 0 Å². The fourth-order valence-electron chi connectivity index (χ4n) is 3.67. The molecule has 1 aromatic rings. The van der Waals surface area contributed by atoms with Crippen LogP contribution in [-0.2, 0) is 0 Å². The van der Waals surface area contributed by atoms with Crippen molar-refractivity contribution in [3.63, 3.8) is 0 Å². The SMILES string of the molecule is Nc1ccccc1N1CCCC2CCCCC21. The van der Waals surface area contributed by atoms with Gasteiger partial charge in [0, 0.05) is 12.6 Å². The number of nitrogen functional groups attached to an aromatic ring is 1. The molecule has 2 aliphatic rings. The molecule has 2 atom stereocenters. The number of nitrogens with two attached hydrogens (primary N) is 1. The van der Waals surface area contributed by atoms with E-state index in [1.165, 1.54) is 50.8 Å². The molecular formula is C15H22N2. The maximum absolute atomic E-state index is 6.13. The van der Waals surface area contributed by atoms with Crippen LogP contribution in [0.4, 0.5) is 11.4 Å². The molecule has 1 aliphatic heterocycles. The molecule has 2 unspecified atom stereocenters. The van der Waals surface area contributed by atoms with E-state index in [1.807, 2.05) is 12.1 Å². The number of rotatable bonds is 1. The second-order valence-electron chi connectivity index (χ2n) is 5.51. The average Bonchev–Trinajstić information content (AvgIpc) is 2.39. The van der Waals surface area contributed by atoms with Crippen molar-refractivity contribution in [1.82, 2.24) is 0 Å². The first-order chi connectivity index (χ1) is 8.36. The summed E-state index contributed by atoms with van der Waals surface area (Å²) in [7, 11) is 0. The highest BCUT2D eigenvalue weighted by molar-refractivity contribution is 5.68. The lowest BCUT2D eigenvalue weighted by atomic mass is 9.78. The number of fused-ring (bicyclic) bond motifs is 1. The van der Waals surface area contributed by atoms with Crippen LogP contribution < -0.4 is 10.6 Å². The normalized spacial score (nSPS) is 28.8. The highest BCUT2D eigenvalue weighted by Crippen LogP contribution is 2.39. The molecule has 1 saturated carbocycles. The number of benzene rings is 1. The number of para-hydroxylation sites is 2. The third-order valence-corrected chi connectivity index (χ3v) is 4.49. The van der Waals surface area contributed by atoms with E-state index in [2.05, 4.69) is 17.0 Å². The van der Waals surface area contributed by atoms with E-state index >= 15 is 0 Å². The Balaban J connectivity index is 1.88. The Hall–Kier alpha value is -1.18. The smallest absolute Gasteiger partial charge is 0.0602 e. The largest absolute Gasteiger partial charge is 0.397 e. The quantitative estimate of drug-likeness (QED) is 0.749. The number of hydrogen-bond donors (Lipinski definition) is 1. The van der Waals surface area contributed by atoms with E-state index in [-0.39, 0.29) is 0 Å². The predicted molar refractivity (Wildman–Crippen MR) is 73.2 cm³/mol. The summed E-state index contributed by atoms with van der Waals surface area (Å²) in [6.07, 6.45) is 8.36. The Morgan fingerprint density at radius 3 is 2.65 bits per heavy atom. The minimum Gasteiger partial charge on any atom is -0.397 e. The molecule has 3 rings (SSSR count). The van der Waals surface area contributed by atoms with E-state index in [4.69, 9.17) is 5.73 Å². The predicted octanol–water partition coefficient (Wildman–Crippen LogP) is 3.43. The molecule has 2 N–H and O–H groups in total. The van der Waals surface area contributed by atoms with E-state index in [0.29, 0.717) is 0 Å². The molecule has 1 heterocycles. The second-order valence-corrected chi connectivity index (χ2v) is 5.51. The van der Waals surface area contributed by atoms with Crippen molar-refractivity contribution >= 4 is 11.4 Å². The van der Waals surface area contributed by atoms with Crippen LogP contribution in [0.2, 0.25) is 0 Å². The summed E-state index contributed by atoms with van der Waals surface area (Å²) < 4.78 is 0. The number of hydrogen-bond acceptors (Lipinski definition) is 2. The first-order valence-electron chi connectivity index (χ1n) is 6.97. The zero-order valence-electron chi connectivity index (χ0n) is 10.4. The number of nitrogens with zero attached hydrogens (tertiary/aromatic N) is 1. The molecule has 17 heavy (non-hydrogen) atoms. The molecule has 2 heteroatoms. The molecule has 0 aromatic heterocycles. The molecule has 1 saturated heterocycles. The summed E-state index contributed by atoms with van der Waals surface area (Å²) in [4.78, 5) is 2.59. The van der Waals surface area contributed by atoms with Gasteiger partial charge in [0.05, 0.1) is 11.4 Å². The van der Waals surface area contributed by atoms with Gasteiger partial charge in [-0.1, -0.05) is 25.0 Å². The van der Waals surface area contributed by atoms with Crippen LogP contribution >= 0.6 is 0 Å². The Bertz CT molecular complexity index is 386. The van der Waals surface area contributed by atoms with Crippen LogP contribution in [-0.4, -0.2) is 12.6 Å². The minimum atomic E-state index is 0.752. The summed E-state index contributed by atoms with van der Waals surface area (Å²) in [6.45, 7) is 1.19. The number of piperidine rings is 1. The maximum Gasteiger partial charge on any atom is 0.0602 e. The van der Waals surface area contributed by atoms with Crippen LogP contribution in [0.3, 0.4) is 0 Å². The van der Waals surface area contributed by atoms with Crippen molar-refractivity contribution in [2.24, 2.45) is 5.92 Å². The van der Waals surface area contributed by atoms with Crippen LogP contribution in [0, 0.1) is 5.92 Å². The van der Waals surface area contributed by atoms with E-state index in [9.17, 15) is 0 Å². The molecule has 0 bridgehead atoms. The lowest BCUT2D eigenvalue weighted by Gasteiger charge is -2.45. The van der Waals surface area contributed by atoms with E-state index in [0.717, 1.165) is 17.6 Å². The lowest BCUT2D eigenvalue weighted by molar-refractivity contribution is 0.244. The van der Waals surface area contributed by atoms with Gasteiger partial charge in [0.2, 0.25) is 0 Å². The molecule has 2 fully saturated rings. The Morgan fingerprint density at radius 2 is 1.76 bits per heavy atom. The summed E-state index contributed by atoms with van der Waals surface area (Å²) in [5.41, 5.74) is 8.34. The molecular weight excluding hydrogens is 208 g/mol. The van der Waals surface area contributed by atoms with Crippen LogP contribution in [0.5, 0.6) is 0 Å². The molecule has 92 valence electrons. The van der Waals surface area contributed by atoms with Gasteiger partial charge in [0.1, 0.15) is 0 Å². The van der Waals surface area contributed by atoms with Crippen molar-refractivity contribution < 1.29 is 0 Å². The first kappa shape index (κ1) is 10.9. The molecule has 2 nitrogen and oxygen atoms in total. The fraction of sp³-hybridized carbons (Fsp3) is 0.600. The molecule has 0 amide bonds. The topological polar surface area (TPSA) is 29.3 Å². The van der Waals surface area contributed by atoms with Gasteiger partial charge in [0.15, 0.2) is 0 Å². The van der Waals surface area contributed by atoms with Gasteiger partial charge in [-0.2, -0.15) is 0 Å². The first-order valence-corrected chi connectivity index (χ1v) is 6.97. The zero-order chi connectivity index (χ0) is 11.7. The van der Waals surface area contributed by atoms with Crippen molar-refractivity contribution in [3.8, 4) is 0 Å². The van der Waals surface area contributed by atoms with E-state index in [1.54, 1.807) is 0 Å². The van der Waals surface area contributed by atoms with Crippen molar-refractivity contribution in [3.05, 3.63) is 24.3 Å². The van der Waals surface area contributed by atoms with Crippen molar-refractivity contribution in [2.45, 2.75) is 44.6 Å². The Kier molecular flexibility index (Phi) is 2.96. The highest BCUT2D eigenvalue weighted by Gasteiger charge is 2.33. The Labute approximate surface area is 104 Å². The average molecular weight is 230 g/mol. The standard InChI is InChI=1S/C15H22N2/c16-13-8-2-4-10-15(13)17-11-5-7-12-6-1-3-9-14(12)17/h2,4,8,10,12,14H,1,3,5-7,9,11,16H2. The van der Waals surface area contributed by atoms with Gasteiger partial charge < -0.3 is 10.6 Å². The minimum absolute atomic E-state index is 0.752. The third-order valence-electron chi connectivity index (χ3n) is 4.49. The Morgan fingerprint density at radius 1 is 1.00 bits per heavy atom. The van der Waals surface area contributed by atoms with Crippen LogP contribution in [0.1, 0.15) is 38.5 Å². The monoisotopic (exact) mass is 230 g/mol. The van der Waals surface area contributed by atoms with Gasteiger partial charge in [0.25, 0.3) is 0 Å². The van der Waals surface area contributed by atoms with Gasteiger partial charge in [-0.3, -0.25) is 0 Å². The zero-order valence-corrected chi connectivity index (χ0v) is 10.4. The molecule has 0 spiro atoms. The van der Waals surface area contributed by atoms with Gasteiger partial charge in [-0.05, 0) is 43.7 Å². The molecule has 1 aliphatic carbocycles. The number of anilines is 2. The molecule has 0 radical (unpaired) electrons. The van der Waals surface area contributed by atoms with E-state index < -0.39 is 0 Å². The molecule has 1 aromatic carbocycles. The second kappa shape index (κ2) is 4.59. The van der Waals surface area contributed by atoms with Crippen LogP contribution in [0.25, 0.3) is 0 Å². The lowest BCUT2D eigenvalue weighted by Crippen LogP contribution is -2.47.